The molecule has 0 N–H and O–H groups in total. The van der Waals surface area contributed by atoms with Gasteiger partial charge in [0.15, 0.2) is 16.6 Å². The van der Waals surface area contributed by atoms with Crippen molar-refractivity contribution in [2.24, 2.45) is 0 Å². The number of benzene rings is 1. The first kappa shape index (κ1) is 16.9. The lowest BCUT2D eigenvalue weighted by Crippen LogP contribution is -2.25. The van der Waals surface area contributed by atoms with Crippen LogP contribution < -0.4 is 5.69 Å². The summed E-state index contributed by atoms with van der Waals surface area (Å²) < 4.78 is 15.1. The van der Waals surface area contributed by atoms with Crippen LogP contribution in [0.5, 0.6) is 0 Å². The second kappa shape index (κ2) is 6.15. The molecule has 4 nitrogen and oxygen atoms in total. The highest BCUT2D eigenvalue weighted by molar-refractivity contribution is 6.34. The summed E-state index contributed by atoms with van der Waals surface area (Å²) in [4.78, 5) is 20.4. The number of pyridine rings is 1. The van der Waals surface area contributed by atoms with Gasteiger partial charge in [-0.15, -0.1) is 0 Å². The summed E-state index contributed by atoms with van der Waals surface area (Å²) in [6.07, 6.45) is 0. The van der Waals surface area contributed by atoms with E-state index in [0.29, 0.717) is 5.69 Å². The van der Waals surface area contributed by atoms with Gasteiger partial charge in [-0.1, -0.05) is 55.2 Å². The quantitative estimate of drug-likeness (QED) is 0.490. The van der Waals surface area contributed by atoms with Crippen LogP contribution in [-0.4, -0.2) is 14.5 Å². The first-order valence-electron chi connectivity index (χ1n) is 7.35. The molecule has 2 aromatic heterocycles. The van der Waals surface area contributed by atoms with E-state index < -0.39 is 11.5 Å². The largest absolute Gasteiger partial charge is 0.355 e. The maximum Gasteiger partial charge on any atom is 0.355 e. The summed E-state index contributed by atoms with van der Waals surface area (Å²) in [5.74, 6) is -0.555. The number of aromatic nitrogens is 3. The van der Waals surface area contributed by atoms with E-state index in [4.69, 9.17) is 23.2 Å². The van der Waals surface area contributed by atoms with Gasteiger partial charge in [-0.05, 0) is 30.0 Å². The summed E-state index contributed by atoms with van der Waals surface area (Å²) in [5.41, 5.74) is 2.09. The summed E-state index contributed by atoms with van der Waals surface area (Å²) in [7, 11) is 0. The first-order valence-corrected chi connectivity index (χ1v) is 8.11. The van der Waals surface area contributed by atoms with Crippen LogP contribution in [0.15, 0.2) is 29.1 Å². The average molecular weight is 366 g/mol. The van der Waals surface area contributed by atoms with Crippen molar-refractivity contribution in [3.63, 3.8) is 0 Å². The Morgan fingerprint density at radius 3 is 2.54 bits per heavy atom. The van der Waals surface area contributed by atoms with Crippen LogP contribution in [0.25, 0.3) is 16.7 Å². The van der Waals surface area contributed by atoms with Gasteiger partial charge in [0, 0.05) is 0 Å². The van der Waals surface area contributed by atoms with Crippen molar-refractivity contribution in [3.05, 3.63) is 62.0 Å². The van der Waals surface area contributed by atoms with Crippen LogP contribution in [0.2, 0.25) is 10.3 Å². The van der Waals surface area contributed by atoms with Gasteiger partial charge in [0.05, 0.1) is 11.1 Å². The number of para-hydroxylation sites is 1. The Hall–Kier alpha value is -1.98. The number of hydrogen-bond acceptors (Lipinski definition) is 3. The monoisotopic (exact) mass is 365 g/mol. The molecule has 0 bridgehead atoms. The normalized spacial score (nSPS) is 11.5. The maximum absolute atomic E-state index is 13.8. The second-order valence-electron chi connectivity index (χ2n) is 5.82. The van der Waals surface area contributed by atoms with Crippen molar-refractivity contribution >= 4 is 34.2 Å². The van der Waals surface area contributed by atoms with E-state index in [1.54, 1.807) is 0 Å². The number of rotatable bonds is 2. The number of aryl methyl sites for hydroxylation is 1. The summed E-state index contributed by atoms with van der Waals surface area (Å²) in [6, 6.07) is 6.89. The van der Waals surface area contributed by atoms with E-state index in [0.717, 1.165) is 17.2 Å². The van der Waals surface area contributed by atoms with Crippen molar-refractivity contribution in [2.75, 3.05) is 0 Å². The Morgan fingerprint density at radius 2 is 1.88 bits per heavy atom. The highest BCUT2D eigenvalue weighted by Gasteiger charge is 2.19. The fourth-order valence-corrected chi connectivity index (χ4v) is 3.07. The molecule has 24 heavy (non-hydrogen) atoms. The maximum atomic E-state index is 13.8. The summed E-state index contributed by atoms with van der Waals surface area (Å²) >= 11 is 11.8. The van der Waals surface area contributed by atoms with Gasteiger partial charge in [0.25, 0.3) is 0 Å². The SMILES string of the molecule is Cc1cccc(C(C)C)c1-n1c(=O)nc(Cl)c2cc(F)c(Cl)nc21. The van der Waals surface area contributed by atoms with Crippen LogP contribution in [-0.2, 0) is 0 Å². The standard InChI is InChI=1S/C17H14Cl2FN3O/c1-8(2)10-6-4-5-9(3)13(10)23-16-11(14(18)22-17(23)24)7-12(20)15(19)21-16/h4-8H,1-3H3. The Labute approximate surface area is 147 Å². The molecule has 3 rings (SSSR count). The predicted molar refractivity (Wildman–Crippen MR) is 93.9 cm³/mol. The van der Waals surface area contributed by atoms with Crippen molar-refractivity contribution in [1.29, 1.82) is 0 Å². The third-order valence-corrected chi connectivity index (χ3v) is 4.40. The van der Waals surface area contributed by atoms with Gasteiger partial charge in [0.2, 0.25) is 0 Å². The van der Waals surface area contributed by atoms with E-state index in [9.17, 15) is 9.18 Å². The zero-order valence-corrected chi connectivity index (χ0v) is 14.8. The van der Waals surface area contributed by atoms with Gasteiger partial charge in [-0.25, -0.2) is 18.7 Å². The molecule has 0 radical (unpaired) electrons. The molecule has 0 saturated heterocycles. The molecule has 0 spiro atoms. The molecule has 7 heteroatoms. The molecular weight excluding hydrogens is 352 g/mol. The molecule has 0 aliphatic rings. The van der Waals surface area contributed by atoms with E-state index in [1.165, 1.54) is 4.57 Å². The molecular formula is C17H14Cl2FN3O. The Morgan fingerprint density at radius 1 is 1.17 bits per heavy atom. The van der Waals surface area contributed by atoms with E-state index in [-0.39, 0.29) is 27.3 Å². The summed E-state index contributed by atoms with van der Waals surface area (Å²) in [6.45, 7) is 5.93. The molecule has 0 unspecified atom stereocenters. The molecule has 0 atom stereocenters. The summed E-state index contributed by atoms with van der Waals surface area (Å²) in [5, 5.41) is -0.192. The zero-order valence-electron chi connectivity index (χ0n) is 13.3. The van der Waals surface area contributed by atoms with Crippen LogP contribution in [0.1, 0.15) is 30.9 Å². The Balaban J connectivity index is 2.53. The van der Waals surface area contributed by atoms with Crippen LogP contribution in [0, 0.1) is 12.7 Å². The lowest BCUT2D eigenvalue weighted by Gasteiger charge is -2.18. The average Bonchev–Trinajstić information content (AvgIpc) is 2.50. The number of nitrogens with zero attached hydrogens (tertiary/aromatic N) is 3. The van der Waals surface area contributed by atoms with Crippen molar-refractivity contribution in [2.45, 2.75) is 26.7 Å². The van der Waals surface area contributed by atoms with Crippen molar-refractivity contribution in [1.82, 2.24) is 14.5 Å². The molecule has 2 heterocycles. The van der Waals surface area contributed by atoms with Crippen LogP contribution >= 0.6 is 23.2 Å². The van der Waals surface area contributed by atoms with E-state index in [2.05, 4.69) is 9.97 Å². The number of halogens is 3. The number of hydrogen-bond donors (Lipinski definition) is 0. The van der Waals surface area contributed by atoms with Gasteiger partial charge in [-0.2, -0.15) is 4.98 Å². The third kappa shape index (κ3) is 2.68. The van der Waals surface area contributed by atoms with Crippen molar-refractivity contribution < 1.29 is 4.39 Å². The van der Waals surface area contributed by atoms with Gasteiger partial charge < -0.3 is 0 Å². The predicted octanol–water partition coefficient (Wildman–Crippen LogP) is 4.66. The molecule has 0 aliphatic carbocycles. The van der Waals surface area contributed by atoms with E-state index in [1.807, 2.05) is 39.0 Å². The Kier molecular flexibility index (Phi) is 4.32. The van der Waals surface area contributed by atoms with E-state index >= 15 is 0 Å². The molecule has 124 valence electrons. The first-order chi connectivity index (χ1) is 11.3. The van der Waals surface area contributed by atoms with Crippen molar-refractivity contribution in [3.8, 4) is 5.69 Å². The topological polar surface area (TPSA) is 47.8 Å². The fraction of sp³-hybridized carbons (Fsp3) is 0.235. The Bertz CT molecular complexity index is 1010. The second-order valence-corrected chi connectivity index (χ2v) is 6.54. The van der Waals surface area contributed by atoms with Crippen LogP contribution in [0.4, 0.5) is 4.39 Å². The molecule has 3 aromatic rings. The highest BCUT2D eigenvalue weighted by atomic mass is 35.5. The van der Waals surface area contributed by atoms with Gasteiger partial charge in [-0.3, -0.25) is 0 Å². The molecule has 0 saturated carbocycles. The third-order valence-electron chi connectivity index (χ3n) is 3.85. The lowest BCUT2D eigenvalue weighted by atomic mass is 9.98. The fourth-order valence-electron chi connectivity index (χ4n) is 2.72. The minimum atomic E-state index is -0.716. The smallest absolute Gasteiger partial charge is 0.245 e. The molecule has 0 aliphatic heterocycles. The number of fused-ring (bicyclic) bond motifs is 1. The van der Waals surface area contributed by atoms with Gasteiger partial charge >= 0.3 is 5.69 Å². The van der Waals surface area contributed by atoms with Gasteiger partial charge in [0.1, 0.15) is 5.15 Å². The minimum Gasteiger partial charge on any atom is -0.245 e. The van der Waals surface area contributed by atoms with Crippen LogP contribution in [0.3, 0.4) is 0 Å². The molecule has 0 fully saturated rings. The molecule has 1 aromatic carbocycles. The zero-order chi connectivity index (χ0) is 17.6. The minimum absolute atomic E-state index is 0.103. The molecule has 0 amide bonds. The highest BCUT2D eigenvalue weighted by Crippen LogP contribution is 2.29. The lowest BCUT2D eigenvalue weighted by molar-refractivity contribution is 0.624.